The molecule has 28 aliphatic rings. The van der Waals surface area contributed by atoms with Crippen LogP contribution in [0.25, 0.3) is 0 Å². The molecule has 186 valence electrons. The van der Waals surface area contributed by atoms with Crippen molar-refractivity contribution >= 4 is 0 Å². The second kappa shape index (κ2) is 2.04. The SMILES string of the molecule is C1C2C3C4CC5C6C7[C@H]8[C@H]9[C@H]%10CC%11C%12C%13C[C@H]%14[C@H]%15[C@H]%16C%17C%18C1C21C32C45C63C24C%181[C@]%171C%162C56C%16%17C%152[C@]%13%14C%12%16[C@]%11%10C9%17C85[C@@]73C461. The molecule has 0 heterocycles. The number of hydrogen-bond donors (Lipinski definition) is 0. The molecule has 28 saturated carbocycles. The molecular weight excluding hydrogens is 480 g/mol. The zero-order valence-electron chi connectivity index (χ0n) is 22.2. The molecule has 28 rings (SSSR count). The number of fused-ring (bicyclic) bond motifs is 14. The van der Waals surface area contributed by atoms with Gasteiger partial charge in [0.1, 0.15) is 0 Å². The summed E-state index contributed by atoms with van der Waals surface area (Å²) < 4.78 is 0. The Hall–Kier alpha value is 0. The first-order valence-electron chi connectivity index (χ1n) is 19.9. The molecule has 0 aliphatic heterocycles. The van der Waals surface area contributed by atoms with E-state index in [0.717, 1.165) is 97.5 Å². The zero-order chi connectivity index (χ0) is 22.2. The molecule has 0 aromatic heterocycles. The van der Waals surface area contributed by atoms with Crippen molar-refractivity contribution in [1.29, 1.82) is 0 Å². The Morgan fingerprint density at radius 2 is 0.500 bits per heavy atom. The van der Waals surface area contributed by atoms with Crippen molar-refractivity contribution in [2.75, 3.05) is 0 Å². The third-order valence-electron chi connectivity index (χ3n) is 34.1. The van der Waals surface area contributed by atoms with Crippen LogP contribution < -0.4 is 0 Å². The van der Waals surface area contributed by atoms with E-state index in [0.29, 0.717) is 0 Å². The van der Waals surface area contributed by atoms with Crippen LogP contribution in [0, 0.1) is 204 Å². The molecule has 0 saturated heterocycles. The van der Waals surface area contributed by atoms with Crippen LogP contribution in [0.1, 0.15) is 25.7 Å². The van der Waals surface area contributed by atoms with Crippen LogP contribution in [-0.2, 0) is 0 Å². The van der Waals surface area contributed by atoms with Gasteiger partial charge in [-0.1, -0.05) is 0 Å². The Morgan fingerprint density at radius 3 is 0.800 bits per heavy atom. The molecule has 26 unspecified atom stereocenters. The zero-order valence-corrected chi connectivity index (χ0v) is 22.2. The fourth-order valence-electron chi connectivity index (χ4n) is 42.8. The quantitative estimate of drug-likeness (QED) is 0.469. The molecule has 18 spiro atoms. The van der Waals surface area contributed by atoms with E-state index in [9.17, 15) is 0 Å². The first-order chi connectivity index (χ1) is 19.9. The summed E-state index contributed by atoms with van der Waals surface area (Å²) >= 11 is 0. The van der Waals surface area contributed by atoms with Gasteiger partial charge in [-0.3, -0.25) is 0 Å². The second-order valence-corrected chi connectivity index (χ2v) is 25.6. The maximum absolute atomic E-state index is 1.82. The third-order valence-corrected chi connectivity index (χ3v) is 34.1. The second-order valence-electron chi connectivity index (χ2n) is 25.6. The van der Waals surface area contributed by atoms with E-state index in [1.807, 2.05) is 25.7 Å². The summed E-state index contributed by atoms with van der Waals surface area (Å²) in [7, 11) is 0. The van der Waals surface area contributed by atoms with Crippen molar-refractivity contribution in [3.63, 3.8) is 0 Å². The van der Waals surface area contributed by atoms with Gasteiger partial charge in [0.05, 0.1) is 0 Å². The molecule has 0 N–H and O–H groups in total. The average molecular weight is 507 g/mol. The Labute approximate surface area is 229 Å². The first-order valence-corrected chi connectivity index (χ1v) is 19.9. The van der Waals surface area contributed by atoms with Gasteiger partial charge in [0.15, 0.2) is 0 Å². The van der Waals surface area contributed by atoms with Gasteiger partial charge < -0.3 is 0 Å². The van der Waals surface area contributed by atoms with Crippen LogP contribution in [0.15, 0.2) is 0 Å². The van der Waals surface area contributed by atoms with E-state index in [1.54, 1.807) is 0 Å². The van der Waals surface area contributed by atoms with Crippen molar-refractivity contribution in [3.05, 3.63) is 0 Å². The summed E-state index contributed by atoms with van der Waals surface area (Å²) in [5.74, 6) is 24.9. The van der Waals surface area contributed by atoms with Crippen molar-refractivity contribution in [1.82, 2.24) is 0 Å². The molecule has 40 heavy (non-hydrogen) atoms. The highest BCUT2D eigenvalue weighted by Gasteiger charge is 3.63. The van der Waals surface area contributed by atoms with E-state index < -0.39 is 0 Å². The average Bonchev–Trinajstić information content (AvgIpc) is 2.81. The molecule has 0 bridgehead atoms. The van der Waals surface area contributed by atoms with Gasteiger partial charge in [-0.2, -0.15) is 0 Å². The lowest BCUT2D eigenvalue weighted by molar-refractivity contribution is -1.18. The van der Waals surface area contributed by atoms with Crippen molar-refractivity contribution < 1.29 is 0 Å². The summed E-state index contributed by atoms with van der Waals surface area (Å²) in [6.45, 7) is 0. The number of rotatable bonds is 0. The van der Waals surface area contributed by atoms with Gasteiger partial charge in [0.2, 0.25) is 0 Å². The monoisotopic (exact) mass is 506 g/mol. The van der Waals surface area contributed by atoms with Crippen LogP contribution >= 0.6 is 0 Å². The standard InChI is InChI=1S/C40H26/c1-5-13-6-2-10-17-21-22-18-12-4-8-14-7-3-11-16-20-19-15-9(1)23(5)27(13)24(6,10)30(17)35(21)36(22)32(18)26(8,12)28(14)25(7,11)31(16)34(20)33(19)29(15,23)37(27,30)39(33,35)40(34,36)38(28,31)32/h5-22H,1-4H2/t5?,6?,7?,8?,9-,10+,11?,12?,13?,14?,15-,16?,17+,18?,19-,20?,21+,22?,23+,24-,25?,26?,27?,28?,29?,30?,31?,32?,33?,34-,35?,36+,37?,38?,39?,40?. The molecule has 0 aromatic carbocycles. The van der Waals surface area contributed by atoms with Crippen molar-refractivity contribution in [2.24, 2.45) is 204 Å². The molecule has 28 fully saturated rings. The Morgan fingerprint density at radius 1 is 0.225 bits per heavy atom. The smallest absolute Gasteiger partial charge is 0.000728 e. The minimum atomic E-state index is 1.11. The highest BCUT2D eigenvalue weighted by Crippen LogP contribution is 3.64. The minimum absolute atomic E-state index is 1.11. The molecule has 0 radical (unpaired) electrons. The van der Waals surface area contributed by atoms with Crippen LogP contribution in [0.3, 0.4) is 0 Å². The predicted molar refractivity (Wildman–Crippen MR) is 125 cm³/mol. The first kappa shape index (κ1) is 13.6. The van der Waals surface area contributed by atoms with Gasteiger partial charge in [-0.05, 0) is 230 Å². The fraction of sp³-hybridized carbons (Fsp3) is 1.00. The van der Waals surface area contributed by atoms with Crippen molar-refractivity contribution in [2.45, 2.75) is 25.7 Å². The minimum Gasteiger partial charge on any atom is -0.0458 e. The van der Waals surface area contributed by atoms with Crippen LogP contribution in [0.4, 0.5) is 0 Å². The molecule has 0 amide bonds. The molecule has 0 heteroatoms. The molecular formula is C40H26. The van der Waals surface area contributed by atoms with Crippen LogP contribution in [-0.4, -0.2) is 0 Å². The Balaban J connectivity index is 0.961. The fourth-order valence-corrected chi connectivity index (χ4v) is 42.8. The summed E-state index contributed by atoms with van der Waals surface area (Å²) in [5.41, 5.74) is 20.3. The lowest BCUT2D eigenvalue weighted by Crippen LogP contribution is -3.61. The molecule has 0 nitrogen and oxygen atoms in total. The number of hydrogen-bond acceptors (Lipinski definition) is 0. The van der Waals surface area contributed by atoms with Gasteiger partial charge in [0.25, 0.3) is 0 Å². The normalized spacial score (nSPS) is 137. The van der Waals surface area contributed by atoms with Crippen molar-refractivity contribution in [3.8, 4) is 0 Å². The van der Waals surface area contributed by atoms with Gasteiger partial charge in [-0.15, -0.1) is 0 Å². The largest absolute Gasteiger partial charge is 0.0458 e. The summed E-state index contributed by atoms with van der Waals surface area (Å²) in [6, 6.07) is 0. The highest BCUT2D eigenvalue weighted by atomic mass is 15.7. The maximum atomic E-state index is 1.82. The van der Waals surface area contributed by atoms with Gasteiger partial charge >= 0.3 is 0 Å². The molecule has 36 atom stereocenters. The van der Waals surface area contributed by atoms with E-state index in [-0.39, 0.29) is 0 Å². The molecule has 0 aromatic rings. The maximum Gasteiger partial charge on any atom is -0.000728 e. The van der Waals surface area contributed by atoms with Crippen LogP contribution in [0.5, 0.6) is 0 Å². The molecule has 28 aliphatic carbocycles. The highest BCUT2D eigenvalue weighted by molar-refractivity contribution is 6.07. The topological polar surface area (TPSA) is 0 Å². The Kier molecular flexibility index (Phi) is 0.692. The van der Waals surface area contributed by atoms with E-state index in [1.165, 1.54) is 107 Å². The third kappa shape index (κ3) is 0.291. The predicted octanol–water partition coefficient (Wildman–Crippen LogP) is 3.77. The lowest BCUT2D eigenvalue weighted by Gasteiger charge is -3.62. The van der Waals surface area contributed by atoms with Gasteiger partial charge in [-0.25, -0.2) is 0 Å². The summed E-state index contributed by atoms with van der Waals surface area (Å²) in [6.07, 6.45) is 7.29. The van der Waals surface area contributed by atoms with E-state index in [2.05, 4.69) is 0 Å². The Bertz CT molecular complexity index is 2130. The summed E-state index contributed by atoms with van der Waals surface area (Å²) in [4.78, 5) is 0. The summed E-state index contributed by atoms with van der Waals surface area (Å²) in [5, 5.41) is 0. The van der Waals surface area contributed by atoms with Gasteiger partial charge in [0, 0.05) is 0 Å². The van der Waals surface area contributed by atoms with E-state index in [4.69, 9.17) is 0 Å². The van der Waals surface area contributed by atoms with Crippen LogP contribution in [0.2, 0.25) is 0 Å². The van der Waals surface area contributed by atoms with E-state index >= 15 is 0 Å². The lowest BCUT2D eigenvalue weighted by atomic mass is 8.40.